The van der Waals surface area contributed by atoms with E-state index in [2.05, 4.69) is 20.6 Å². The molecule has 1 saturated heterocycles. The maximum absolute atomic E-state index is 12.8. The van der Waals surface area contributed by atoms with Crippen LogP contribution in [0, 0.1) is 6.92 Å². The maximum Gasteiger partial charge on any atom is 0.264 e. The highest BCUT2D eigenvalue weighted by atomic mass is 16.3. The third kappa shape index (κ3) is 4.38. The van der Waals surface area contributed by atoms with Gasteiger partial charge in [0.25, 0.3) is 17.4 Å². The molecular weight excluding hydrogens is 400 g/mol. The second-order valence-electron chi connectivity index (χ2n) is 7.42. The van der Waals surface area contributed by atoms with Crippen molar-refractivity contribution in [2.75, 3.05) is 18.4 Å². The molecular formula is C21H22N6O4. The molecule has 2 amide bonds. The van der Waals surface area contributed by atoms with Crippen LogP contribution < -0.4 is 10.9 Å². The summed E-state index contributed by atoms with van der Waals surface area (Å²) in [5.74, 6) is -0.179. The van der Waals surface area contributed by atoms with E-state index < -0.39 is 6.10 Å². The van der Waals surface area contributed by atoms with Crippen LogP contribution in [0.15, 0.2) is 47.4 Å². The lowest BCUT2D eigenvalue weighted by molar-refractivity contribution is 0.0474. The van der Waals surface area contributed by atoms with Gasteiger partial charge in [0.15, 0.2) is 5.82 Å². The summed E-state index contributed by atoms with van der Waals surface area (Å²) < 4.78 is 1.45. The van der Waals surface area contributed by atoms with Crippen molar-refractivity contribution in [2.24, 2.45) is 0 Å². The number of H-pyrrole nitrogens is 1. The predicted molar refractivity (Wildman–Crippen MR) is 112 cm³/mol. The maximum atomic E-state index is 12.8. The Morgan fingerprint density at radius 2 is 2.10 bits per heavy atom. The number of nitrogens with zero attached hydrogens (tertiary/aromatic N) is 4. The smallest absolute Gasteiger partial charge is 0.264 e. The zero-order valence-corrected chi connectivity index (χ0v) is 16.9. The predicted octanol–water partition coefficient (Wildman–Crippen LogP) is 1.11. The van der Waals surface area contributed by atoms with E-state index in [0.29, 0.717) is 47.8 Å². The number of amides is 2. The fourth-order valence-electron chi connectivity index (χ4n) is 3.57. The molecule has 1 atom stereocenters. The summed E-state index contributed by atoms with van der Waals surface area (Å²) in [6.07, 6.45) is 2.37. The second kappa shape index (κ2) is 8.52. The third-order valence-corrected chi connectivity index (χ3v) is 5.19. The van der Waals surface area contributed by atoms with Gasteiger partial charge < -0.3 is 15.3 Å². The van der Waals surface area contributed by atoms with Gasteiger partial charge in [0.05, 0.1) is 23.6 Å². The van der Waals surface area contributed by atoms with Gasteiger partial charge in [-0.2, -0.15) is 10.2 Å². The van der Waals surface area contributed by atoms with Crippen molar-refractivity contribution in [1.82, 2.24) is 24.9 Å². The highest BCUT2D eigenvalue weighted by molar-refractivity contribution is 6.05. The van der Waals surface area contributed by atoms with Crippen LogP contribution >= 0.6 is 0 Å². The first-order valence-electron chi connectivity index (χ1n) is 9.92. The molecule has 0 spiro atoms. The Morgan fingerprint density at radius 1 is 1.26 bits per heavy atom. The van der Waals surface area contributed by atoms with Crippen molar-refractivity contribution in [3.05, 3.63) is 69.8 Å². The van der Waals surface area contributed by atoms with Crippen molar-refractivity contribution in [1.29, 1.82) is 0 Å². The largest absolute Gasteiger partial charge is 0.391 e. The number of anilines is 1. The molecule has 1 unspecified atom stereocenters. The number of aromatic nitrogens is 4. The van der Waals surface area contributed by atoms with E-state index in [1.165, 1.54) is 23.0 Å². The summed E-state index contributed by atoms with van der Waals surface area (Å²) in [7, 11) is 0. The molecule has 1 aliphatic rings. The quantitative estimate of drug-likeness (QED) is 0.577. The number of aliphatic hydroxyl groups is 1. The van der Waals surface area contributed by atoms with E-state index in [4.69, 9.17) is 0 Å². The van der Waals surface area contributed by atoms with Crippen LogP contribution in [0.1, 0.15) is 39.3 Å². The number of β-amino-alcohol motifs (C(OH)–C–C–N with tert-alkyl or cyclic N) is 1. The van der Waals surface area contributed by atoms with Crippen molar-refractivity contribution in [2.45, 2.75) is 25.9 Å². The Morgan fingerprint density at radius 3 is 2.84 bits per heavy atom. The minimum atomic E-state index is -0.503. The topological polar surface area (TPSA) is 133 Å². The summed E-state index contributed by atoms with van der Waals surface area (Å²) in [4.78, 5) is 38.4. The number of carbonyl (C=O) groups excluding carboxylic acids is 2. The minimum Gasteiger partial charge on any atom is -0.391 e. The van der Waals surface area contributed by atoms with Gasteiger partial charge in [-0.15, -0.1) is 0 Å². The van der Waals surface area contributed by atoms with Gasteiger partial charge in [-0.1, -0.05) is 6.07 Å². The highest BCUT2D eigenvalue weighted by Gasteiger charge is 2.23. The number of likely N-dealkylation sites (tertiary alicyclic amines) is 1. The van der Waals surface area contributed by atoms with Gasteiger partial charge in [-0.05, 0) is 44.0 Å². The fourth-order valence-corrected chi connectivity index (χ4v) is 3.57. The number of aromatic amines is 1. The number of carbonyl (C=O) groups is 2. The lowest BCUT2D eigenvalue weighted by Gasteiger charge is -2.30. The van der Waals surface area contributed by atoms with E-state index in [1.807, 2.05) is 0 Å². The molecule has 31 heavy (non-hydrogen) atoms. The van der Waals surface area contributed by atoms with E-state index in [0.717, 1.165) is 6.42 Å². The molecule has 1 fully saturated rings. The lowest BCUT2D eigenvalue weighted by atomic mass is 10.1. The zero-order valence-electron chi connectivity index (χ0n) is 16.9. The molecule has 0 radical (unpaired) electrons. The first-order valence-corrected chi connectivity index (χ1v) is 9.92. The molecule has 2 aromatic heterocycles. The second-order valence-corrected chi connectivity index (χ2v) is 7.42. The van der Waals surface area contributed by atoms with Crippen LogP contribution in [0.2, 0.25) is 0 Å². The summed E-state index contributed by atoms with van der Waals surface area (Å²) in [5.41, 5.74) is 1.47. The van der Waals surface area contributed by atoms with E-state index in [-0.39, 0.29) is 17.4 Å². The number of hydrogen-bond donors (Lipinski definition) is 3. The number of hydrogen-bond acceptors (Lipinski definition) is 6. The lowest BCUT2D eigenvalue weighted by Crippen LogP contribution is -2.42. The first-order chi connectivity index (χ1) is 14.9. The van der Waals surface area contributed by atoms with Crippen molar-refractivity contribution in [3.8, 4) is 5.82 Å². The van der Waals surface area contributed by atoms with Gasteiger partial charge in [0.1, 0.15) is 0 Å². The molecule has 4 rings (SSSR count). The van der Waals surface area contributed by atoms with Crippen LogP contribution in [-0.2, 0) is 0 Å². The SMILES string of the molecule is Cc1c(C(=O)Nc2cccc(C(=O)N3CCCC(O)C3)c2)cnn1-c1ccc(=O)[nH]n1. The molecule has 1 aliphatic heterocycles. The molecule has 0 aliphatic carbocycles. The number of nitrogens with one attached hydrogen (secondary N) is 2. The summed E-state index contributed by atoms with van der Waals surface area (Å²) in [6.45, 7) is 2.63. The molecule has 0 bridgehead atoms. The Bertz CT molecular complexity index is 1160. The van der Waals surface area contributed by atoms with E-state index in [1.54, 1.807) is 36.1 Å². The number of benzene rings is 1. The Hall–Kier alpha value is -3.79. The zero-order chi connectivity index (χ0) is 22.0. The molecule has 160 valence electrons. The molecule has 3 heterocycles. The molecule has 10 heteroatoms. The average molecular weight is 422 g/mol. The van der Waals surface area contributed by atoms with Crippen LogP contribution in [0.3, 0.4) is 0 Å². The Labute approximate surface area is 177 Å². The normalized spacial score (nSPS) is 16.2. The van der Waals surface area contributed by atoms with Gasteiger partial charge in [-0.25, -0.2) is 9.78 Å². The first kappa shape index (κ1) is 20.5. The monoisotopic (exact) mass is 422 g/mol. The Balaban J connectivity index is 1.50. The van der Waals surface area contributed by atoms with Crippen LogP contribution in [0.25, 0.3) is 5.82 Å². The van der Waals surface area contributed by atoms with Crippen LogP contribution in [0.5, 0.6) is 0 Å². The molecule has 3 aromatic rings. The average Bonchev–Trinajstić information content (AvgIpc) is 3.15. The van der Waals surface area contributed by atoms with Crippen molar-refractivity contribution >= 4 is 17.5 Å². The molecule has 1 aromatic carbocycles. The summed E-state index contributed by atoms with van der Waals surface area (Å²) >= 11 is 0. The molecule has 3 N–H and O–H groups in total. The van der Waals surface area contributed by atoms with E-state index in [9.17, 15) is 19.5 Å². The van der Waals surface area contributed by atoms with Gasteiger partial charge in [-0.3, -0.25) is 14.4 Å². The third-order valence-electron chi connectivity index (χ3n) is 5.19. The molecule has 10 nitrogen and oxygen atoms in total. The standard InChI is InChI=1S/C21H22N6O4/c1-13-17(11-22-27(13)18-7-8-19(29)25-24-18)20(30)23-15-5-2-4-14(10-15)21(31)26-9-3-6-16(28)12-26/h2,4-5,7-8,10-11,16,28H,3,6,9,12H2,1H3,(H,23,30)(H,25,29). The minimum absolute atomic E-state index is 0.178. The summed E-state index contributed by atoms with van der Waals surface area (Å²) in [5, 5.41) is 23.0. The van der Waals surface area contributed by atoms with E-state index >= 15 is 0 Å². The van der Waals surface area contributed by atoms with Crippen molar-refractivity contribution in [3.63, 3.8) is 0 Å². The van der Waals surface area contributed by atoms with Gasteiger partial charge >= 0.3 is 0 Å². The highest BCUT2D eigenvalue weighted by Crippen LogP contribution is 2.18. The van der Waals surface area contributed by atoms with Gasteiger partial charge in [0.2, 0.25) is 0 Å². The molecule has 0 saturated carbocycles. The van der Waals surface area contributed by atoms with Crippen LogP contribution in [0.4, 0.5) is 5.69 Å². The number of piperidine rings is 1. The van der Waals surface area contributed by atoms with Crippen LogP contribution in [-0.4, -0.2) is 61.0 Å². The fraction of sp³-hybridized carbons (Fsp3) is 0.286. The summed E-state index contributed by atoms with van der Waals surface area (Å²) in [6, 6.07) is 9.53. The number of rotatable bonds is 4. The Kier molecular flexibility index (Phi) is 5.63. The number of aliphatic hydroxyl groups excluding tert-OH is 1. The van der Waals surface area contributed by atoms with Gasteiger partial charge in [0, 0.05) is 30.4 Å². The van der Waals surface area contributed by atoms with Crippen molar-refractivity contribution < 1.29 is 14.7 Å².